The highest BCUT2D eigenvalue weighted by atomic mass is 32.2. The Balaban J connectivity index is 1.76. The van der Waals surface area contributed by atoms with E-state index in [9.17, 15) is 23.1 Å². The van der Waals surface area contributed by atoms with Gasteiger partial charge in [-0.3, -0.25) is 4.79 Å². The minimum atomic E-state index is -4.66. The lowest BCUT2D eigenvalue weighted by Crippen LogP contribution is -2.36. The number of nitrogens with one attached hydrogen (secondary N) is 3. The number of aliphatic hydroxyl groups excluding tert-OH is 1. The summed E-state index contributed by atoms with van der Waals surface area (Å²) in [6.07, 6.45) is -0.452. The van der Waals surface area contributed by atoms with Gasteiger partial charge in [0.2, 0.25) is 5.95 Å². The van der Waals surface area contributed by atoms with Gasteiger partial charge in [0.25, 0.3) is 5.91 Å². The number of alkyl halides is 3. The second-order valence-corrected chi connectivity index (χ2v) is 10.1. The van der Waals surface area contributed by atoms with Crippen LogP contribution in [0.1, 0.15) is 35.3 Å². The Labute approximate surface area is 223 Å². The summed E-state index contributed by atoms with van der Waals surface area (Å²) in [5, 5.41) is 17.7. The fraction of sp³-hybridized carbons (Fsp3) is 0.360. The minimum Gasteiger partial charge on any atom is -0.396 e. The Kier molecular flexibility index (Phi) is 9.39. The second kappa shape index (κ2) is 12.3. The predicted molar refractivity (Wildman–Crippen MR) is 143 cm³/mol. The van der Waals surface area contributed by atoms with Crippen molar-refractivity contribution in [3.05, 3.63) is 65.5 Å². The third-order valence-electron chi connectivity index (χ3n) is 5.54. The normalized spacial score (nSPS) is 11.7. The lowest BCUT2D eigenvalue weighted by atomic mass is 9.95. The Morgan fingerprint density at radius 2 is 1.84 bits per heavy atom. The molecule has 0 unspecified atom stereocenters. The molecule has 13 heteroatoms. The molecule has 2 aromatic heterocycles. The molecule has 0 fully saturated rings. The fourth-order valence-electron chi connectivity index (χ4n) is 3.21. The molecular weight excluding hydrogens is 519 g/mol. The van der Waals surface area contributed by atoms with Gasteiger partial charge < -0.3 is 25.4 Å². The first-order chi connectivity index (χ1) is 17.9. The SMILES string of the molecule is CSN(C)c1ncccc1CNc1nc(Nc2ccc(C(=O)NCC(C)(C)CO)cc2)ncc1C(F)(F)F. The molecule has 0 atom stereocenters. The predicted octanol–water partition coefficient (Wildman–Crippen LogP) is 4.71. The molecule has 4 N–H and O–H groups in total. The van der Waals surface area contributed by atoms with E-state index in [4.69, 9.17) is 0 Å². The van der Waals surface area contributed by atoms with Crippen LogP contribution < -0.4 is 20.3 Å². The summed E-state index contributed by atoms with van der Waals surface area (Å²) in [5.41, 5.74) is 0.125. The number of anilines is 4. The Morgan fingerprint density at radius 3 is 2.47 bits per heavy atom. The number of hydrogen-bond donors (Lipinski definition) is 4. The van der Waals surface area contributed by atoms with Crippen molar-refractivity contribution >= 4 is 41.1 Å². The third kappa shape index (κ3) is 7.71. The van der Waals surface area contributed by atoms with Crippen LogP contribution in [0.4, 0.5) is 36.4 Å². The van der Waals surface area contributed by atoms with Gasteiger partial charge in [0.05, 0.1) is 0 Å². The Hall–Kier alpha value is -3.58. The maximum absolute atomic E-state index is 13.7. The van der Waals surface area contributed by atoms with E-state index in [0.717, 1.165) is 6.20 Å². The Bertz CT molecular complexity index is 1240. The number of aliphatic hydroxyl groups is 1. The van der Waals surface area contributed by atoms with Crippen LogP contribution in [0.5, 0.6) is 0 Å². The molecular formula is C25H30F3N7O2S. The maximum atomic E-state index is 13.7. The third-order valence-corrected chi connectivity index (χ3v) is 6.26. The number of pyridine rings is 1. The summed E-state index contributed by atoms with van der Waals surface area (Å²) in [6.45, 7) is 3.94. The standard InChI is InChI=1S/C25H30F3N7O2S/c1-24(2,15-36)14-32-22(37)16-7-9-18(10-8-16)33-23-31-13-19(25(26,27)28)20(34-23)30-12-17-6-5-11-29-21(17)35(3)38-4/h5-11,13,36H,12,14-15H2,1-4H3,(H,32,37)(H2,30,31,33,34). The first-order valence-electron chi connectivity index (χ1n) is 11.6. The molecule has 0 bridgehead atoms. The molecule has 3 aromatic rings. The van der Waals surface area contributed by atoms with Crippen molar-refractivity contribution in [1.29, 1.82) is 0 Å². The zero-order valence-corrected chi connectivity index (χ0v) is 22.2. The van der Waals surface area contributed by atoms with Crippen LogP contribution >= 0.6 is 11.9 Å². The average molecular weight is 550 g/mol. The molecule has 3 rings (SSSR count). The largest absolute Gasteiger partial charge is 0.421 e. The number of aromatic nitrogens is 3. The van der Waals surface area contributed by atoms with Crippen molar-refractivity contribution in [2.45, 2.75) is 26.6 Å². The summed E-state index contributed by atoms with van der Waals surface area (Å²) in [5.74, 6) is -0.108. The van der Waals surface area contributed by atoms with E-state index < -0.39 is 17.2 Å². The van der Waals surface area contributed by atoms with Gasteiger partial charge in [-0.2, -0.15) is 18.2 Å². The lowest BCUT2D eigenvalue weighted by molar-refractivity contribution is -0.137. The number of benzene rings is 1. The molecule has 38 heavy (non-hydrogen) atoms. The van der Waals surface area contributed by atoms with Gasteiger partial charge >= 0.3 is 6.18 Å². The van der Waals surface area contributed by atoms with E-state index in [0.29, 0.717) is 29.2 Å². The van der Waals surface area contributed by atoms with Crippen LogP contribution in [0.25, 0.3) is 0 Å². The van der Waals surface area contributed by atoms with E-state index in [1.54, 1.807) is 42.6 Å². The van der Waals surface area contributed by atoms with Gasteiger partial charge in [-0.05, 0) is 30.3 Å². The van der Waals surface area contributed by atoms with Crippen LogP contribution in [0.15, 0.2) is 48.8 Å². The van der Waals surface area contributed by atoms with Gasteiger partial charge in [-0.15, -0.1) is 0 Å². The molecule has 204 valence electrons. The molecule has 0 aliphatic carbocycles. The summed E-state index contributed by atoms with van der Waals surface area (Å²) >= 11 is 1.42. The van der Waals surface area contributed by atoms with Crippen molar-refractivity contribution < 1.29 is 23.1 Å². The molecule has 0 saturated carbocycles. The monoisotopic (exact) mass is 549 g/mol. The first-order valence-corrected chi connectivity index (χ1v) is 12.8. The van der Waals surface area contributed by atoms with E-state index in [-0.39, 0.29) is 30.8 Å². The zero-order valence-electron chi connectivity index (χ0n) is 21.4. The van der Waals surface area contributed by atoms with Crippen molar-refractivity contribution in [1.82, 2.24) is 20.3 Å². The molecule has 2 heterocycles. The van der Waals surface area contributed by atoms with Crippen LogP contribution in [0.2, 0.25) is 0 Å². The lowest BCUT2D eigenvalue weighted by Gasteiger charge is -2.21. The Morgan fingerprint density at radius 1 is 1.13 bits per heavy atom. The highest BCUT2D eigenvalue weighted by Crippen LogP contribution is 2.34. The van der Waals surface area contributed by atoms with E-state index in [1.165, 1.54) is 11.9 Å². The zero-order chi connectivity index (χ0) is 27.9. The first kappa shape index (κ1) is 29.0. The molecule has 9 nitrogen and oxygen atoms in total. The summed E-state index contributed by atoms with van der Waals surface area (Å²) in [4.78, 5) is 24.6. The van der Waals surface area contributed by atoms with Crippen LogP contribution in [0, 0.1) is 5.41 Å². The second-order valence-electron chi connectivity index (χ2n) is 9.18. The molecule has 1 amide bonds. The van der Waals surface area contributed by atoms with Gasteiger partial charge in [0.1, 0.15) is 17.2 Å². The minimum absolute atomic E-state index is 0.0463. The molecule has 0 aliphatic heterocycles. The number of carbonyl (C=O) groups excluding carboxylic acids is 1. The number of hydrogen-bond acceptors (Lipinski definition) is 9. The molecule has 0 spiro atoms. The molecule has 0 saturated heterocycles. The molecule has 0 radical (unpaired) electrons. The highest BCUT2D eigenvalue weighted by Gasteiger charge is 2.35. The average Bonchev–Trinajstić information content (AvgIpc) is 2.90. The smallest absolute Gasteiger partial charge is 0.396 e. The molecule has 0 aliphatic rings. The van der Waals surface area contributed by atoms with Crippen LogP contribution in [0.3, 0.4) is 0 Å². The van der Waals surface area contributed by atoms with Gasteiger partial charge in [0.15, 0.2) is 0 Å². The number of nitrogens with zero attached hydrogens (tertiary/aromatic N) is 4. The van der Waals surface area contributed by atoms with Crippen molar-refractivity contribution in [3.63, 3.8) is 0 Å². The number of carbonyl (C=O) groups is 1. The van der Waals surface area contributed by atoms with Gasteiger partial charge in [0, 0.05) is 67.6 Å². The van der Waals surface area contributed by atoms with E-state index >= 15 is 0 Å². The van der Waals surface area contributed by atoms with E-state index in [2.05, 4.69) is 30.9 Å². The van der Waals surface area contributed by atoms with E-state index in [1.807, 2.05) is 31.5 Å². The maximum Gasteiger partial charge on any atom is 0.421 e. The fourth-order valence-corrected chi connectivity index (χ4v) is 3.55. The quantitative estimate of drug-likeness (QED) is 0.253. The van der Waals surface area contributed by atoms with Crippen molar-refractivity contribution in [2.75, 3.05) is 41.4 Å². The summed E-state index contributed by atoms with van der Waals surface area (Å²) < 4.78 is 42.8. The number of rotatable bonds is 11. The van der Waals surface area contributed by atoms with Crippen LogP contribution in [-0.2, 0) is 12.7 Å². The van der Waals surface area contributed by atoms with Crippen LogP contribution in [-0.4, -0.2) is 52.4 Å². The van der Waals surface area contributed by atoms with Gasteiger partial charge in [-0.1, -0.05) is 31.9 Å². The number of halogens is 3. The molecule has 1 aromatic carbocycles. The topological polar surface area (TPSA) is 115 Å². The highest BCUT2D eigenvalue weighted by molar-refractivity contribution is 7.99. The summed E-state index contributed by atoms with van der Waals surface area (Å²) in [6, 6.07) is 9.82. The van der Waals surface area contributed by atoms with Gasteiger partial charge in [-0.25, -0.2) is 9.97 Å². The van der Waals surface area contributed by atoms with Crippen molar-refractivity contribution in [3.8, 4) is 0 Å². The van der Waals surface area contributed by atoms with Crippen molar-refractivity contribution in [2.24, 2.45) is 5.41 Å². The summed E-state index contributed by atoms with van der Waals surface area (Å²) in [7, 11) is 1.81. The number of amides is 1.